The van der Waals surface area contributed by atoms with Crippen molar-refractivity contribution in [2.75, 3.05) is 31.7 Å². The zero-order chi connectivity index (χ0) is 49.6. The number of aromatic nitrogens is 4. The van der Waals surface area contributed by atoms with Gasteiger partial charge < -0.3 is 28.7 Å². The molecule has 0 aliphatic carbocycles. The maximum absolute atomic E-state index is 16.9. The van der Waals surface area contributed by atoms with Crippen LogP contribution in [0.3, 0.4) is 0 Å². The highest BCUT2D eigenvalue weighted by molar-refractivity contribution is 6.35. The Labute approximate surface area is 418 Å². The second kappa shape index (κ2) is 19.0. The van der Waals surface area contributed by atoms with Crippen LogP contribution in [-0.2, 0) is 21.6 Å². The van der Waals surface area contributed by atoms with Crippen LogP contribution < -0.4 is 14.4 Å². The van der Waals surface area contributed by atoms with Gasteiger partial charge in [0.25, 0.3) is 0 Å². The van der Waals surface area contributed by atoms with Gasteiger partial charge >= 0.3 is 12.1 Å². The number of fused-ring (bicyclic) bond motifs is 4. The number of methoxy groups -OCH3 is 1. The number of nitrogens with zero attached hydrogens (tertiary/aromatic N) is 6. The molecule has 10 rings (SSSR count). The molecule has 1 amide bonds. The number of anilines is 1. The summed E-state index contributed by atoms with van der Waals surface area (Å²) in [6.07, 6.45) is 7.80. The highest BCUT2D eigenvalue weighted by atomic mass is 35.5. The number of likely N-dealkylation sites (tertiary alicyclic amines) is 1. The van der Waals surface area contributed by atoms with E-state index in [-0.39, 0.29) is 48.5 Å². The van der Waals surface area contributed by atoms with Crippen LogP contribution in [0.2, 0.25) is 5.02 Å². The summed E-state index contributed by atoms with van der Waals surface area (Å²) >= 11 is 7.68. The van der Waals surface area contributed by atoms with Gasteiger partial charge in [0.1, 0.15) is 41.5 Å². The van der Waals surface area contributed by atoms with E-state index in [1.807, 2.05) is 124 Å². The summed E-state index contributed by atoms with van der Waals surface area (Å²) in [7, 11) is 1.61. The van der Waals surface area contributed by atoms with E-state index in [1.54, 1.807) is 18.9 Å². The summed E-state index contributed by atoms with van der Waals surface area (Å²) in [5, 5.41) is 6.81. The minimum Gasteiger partial charge on any atom is -0.486 e. The Balaban J connectivity index is 1.21. The number of ether oxygens (including phenoxy) is 4. The minimum absolute atomic E-state index is 0.0820. The molecule has 0 N–H and O–H groups in total. The number of carbonyl (C=O) groups excluding carboxylic acids is 1. The molecule has 2 fully saturated rings. The van der Waals surface area contributed by atoms with Crippen molar-refractivity contribution in [1.82, 2.24) is 24.6 Å². The Morgan fingerprint density at radius 1 is 0.845 bits per heavy atom. The fourth-order valence-electron chi connectivity index (χ4n) is 10.1. The lowest BCUT2D eigenvalue weighted by atomic mass is 9.77. The second-order valence-electron chi connectivity index (χ2n) is 19.3. The average molecular weight is 970 g/mol. The Hall–Kier alpha value is -7.46. The number of carbonyl (C=O) groups is 1. The second-order valence-corrected chi connectivity index (χ2v) is 19.7. The first-order chi connectivity index (χ1) is 34.3. The van der Waals surface area contributed by atoms with Crippen molar-refractivity contribution in [2.45, 2.75) is 77.0 Å². The number of hydrogen-bond donors (Lipinski definition) is 0. The predicted molar refractivity (Wildman–Crippen MR) is 276 cm³/mol. The standard InChI is InChI=1S/C58H54ClFN6O5/c1-8-38-24-26-39(27-25-38)35-69-53-51(47(59)29-45-52(53)61-55(70-34-36(2)68-7)62-54(45)64-31-44-28-43(64)32-65(44)56(67)71-57(4,5)6)50-37(3)48(60)30-49-46(50)33-66(63-49)58(40-18-12-9-13-19-40,41-20-14-10-15-21-41)42-22-16-11-17-23-42/h1,9-27,29-30,33,36,43-44H,28,31-32,34-35H2,2-7H3/t36-,43-,44-/m0/s1. The van der Waals surface area contributed by atoms with Gasteiger partial charge in [0.2, 0.25) is 0 Å². The third-order valence-corrected chi connectivity index (χ3v) is 13.8. The molecule has 2 bridgehead atoms. The SMILES string of the molecule is C#Cc1ccc(COc2c(-c3c(C)c(F)cc4nn(C(c5ccccc5)(c5ccccc5)c5ccccc5)cc34)c(Cl)cc3c(N4C[C@@H]5C[C@H]4CN5C(=O)OC(C)(C)C)nc(OC[C@H](C)OC)nc23)cc1. The number of amides is 1. The molecule has 0 spiro atoms. The highest BCUT2D eigenvalue weighted by Crippen LogP contribution is 2.50. The van der Waals surface area contributed by atoms with Crippen LogP contribution in [0.1, 0.15) is 67.5 Å². The van der Waals surface area contributed by atoms with Crippen molar-refractivity contribution in [3.63, 3.8) is 0 Å². The quantitative estimate of drug-likeness (QED) is 0.0825. The molecule has 4 heterocycles. The van der Waals surface area contributed by atoms with Crippen LogP contribution in [-0.4, -0.2) is 81.3 Å². The molecule has 13 heteroatoms. The van der Waals surface area contributed by atoms with E-state index < -0.39 is 17.0 Å². The summed E-state index contributed by atoms with van der Waals surface area (Å²) in [6.45, 7) is 10.4. The zero-order valence-electron chi connectivity index (χ0n) is 40.5. The summed E-state index contributed by atoms with van der Waals surface area (Å²) in [5.41, 5.74) is 4.84. The van der Waals surface area contributed by atoms with E-state index >= 15 is 4.39 Å². The van der Waals surface area contributed by atoms with Crippen molar-refractivity contribution >= 4 is 45.3 Å². The maximum atomic E-state index is 16.9. The van der Waals surface area contributed by atoms with Gasteiger partial charge in [0.15, 0.2) is 5.75 Å². The first-order valence-corrected chi connectivity index (χ1v) is 24.2. The zero-order valence-corrected chi connectivity index (χ0v) is 41.3. The maximum Gasteiger partial charge on any atom is 0.410 e. The normalized spacial score (nSPS) is 16.1. The van der Waals surface area contributed by atoms with Crippen molar-refractivity contribution in [1.29, 1.82) is 0 Å². The number of piperazine rings is 1. The van der Waals surface area contributed by atoms with Gasteiger partial charge in [-0.15, -0.1) is 6.42 Å². The lowest BCUT2D eigenvalue weighted by Gasteiger charge is -2.36. The predicted octanol–water partition coefficient (Wildman–Crippen LogP) is 11.8. The molecule has 0 radical (unpaired) electrons. The molecule has 2 aromatic heterocycles. The van der Waals surface area contributed by atoms with Crippen LogP contribution in [0.15, 0.2) is 134 Å². The first kappa shape index (κ1) is 47.2. The topological polar surface area (TPSA) is 104 Å². The fraction of sp³-hybridized carbons (Fsp3) is 0.276. The van der Waals surface area contributed by atoms with Gasteiger partial charge in [0, 0.05) is 59.9 Å². The molecule has 2 saturated heterocycles. The van der Waals surface area contributed by atoms with Crippen LogP contribution in [0.25, 0.3) is 32.9 Å². The van der Waals surface area contributed by atoms with Gasteiger partial charge in [-0.2, -0.15) is 15.1 Å². The van der Waals surface area contributed by atoms with Gasteiger partial charge in [0.05, 0.1) is 28.7 Å². The Morgan fingerprint density at radius 2 is 1.48 bits per heavy atom. The Morgan fingerprint density at radius 3 is 2.04 bits per heavy atom. The third kappa shape index (κ3) is 8.78. The highest BCUT2D eigenvalue weighted by Gasteiger charge is 2.48. The largest absolute Gasteiger partial charge is 0.486 e. The molecule has 0 unspecified atom stereocenters. The van der Waals surface area contributed by atoms with Crippen molar-refractivity contribution in [2.24, 2.45) is 0 Å². The average Bonchev–Trinajstić information content (AvgIpc) is 4.12. The van der Waals surface area contributed by atoms with E-state index in [2.05, 4.69) is 47.2 Å². The van der Waals surface area contributed by atoms with E-state index in [9.17, 15) is 4.79 Å². The molecule has 3 atom stereocenters. The van der Waals surface area contributed by atoms with Crippen LogP contribution in [0, 0.1) is 25.1 Å². The molecule has 11 nitrogen and oxygen atoms in total. The van der Waals surface area contributed by atoms with Crippen LogP contribution in [0.4, 0.5) is 15.0 Å². The van der Waals surface area contributed by atoms with E-state index in [4.69, 9.17) is 52.0 Å². The lowest BCUT2D eigenvalue weighted by molar-refractivity contribution is 0.0214. The molecule has 2 aliphatic heterocycles. The minimum atomic E-state index is -0.997. The number of rotatable bonds is 13. The van der Waals surface area contributed by atoms with E-state index in [1.165, 1.54) is 6.07 Å². The van der Waals surface area contributed by atoms with Gasteiger partial charge in [-0.05, 0) is 87.1 Å². The summed E-state index contributed by atoms with van der Waals surface area (Å²) < 4.78 is 43.5. The Kier molecular flexibility index (Phi) is 12.7. The number of terminal acetylenes is 1. The molecule has 8 aromatic rings. The first-order valence-electron chi connectivity index (χ1n) is 23.8. The molecule has 71 heavy (non-hydrogen) atoms. The fourth-order valence-corrected chi connectivity index (χ4v) is 10.4. The van der Waals surface area contributed by atoms with Crippen molar-refractivity contribution in [3.05, 3.63) is 178 Å². The van der Waals surface area contributed by atoms with Gasteiger partial charge in [-0.1, -0.05) is 121 Å². The van der Waals surface area contributed by atoms with Crippen LogP contribution >= 0.6 is 11.6 Å². The number of hydrogen-bond acceptors (Lipinski definition) is 9. The van der Waals surface area contributed by atoms with Gasteiger partial charge in [-0.3, -0.25) is 4.68 Å². The monoisotopic (exact) mass is 968 g/mol. The summed E-state index contributed by atoms with van der Waals surface area (Å²) in [4.78, 5) is 27.5. The number of benzene rings is 6. The molecule has 360 valence electrons. The molecule has 0 saturated carbocycles. The molecular formula is C58H54ClFN6O5. The number of halogens is 2. The molecule has 2 aliphatic rings. The van der Waals surface area contributed by atoms with Crippen molar-refractivity contribution < 1.29 is 28.1 Å². The lowest BCUT2D eigenvalue weighted by Crippen LogP contribution is -2.50. The summed E-state index contributed by atoms with van der Waals surface area (Å²) in [5.74, 6) is 3.07. The van der Waals surface area contributed by atoms with E-state index in [0.29, 0.717) is 69.6 Å². The smallest absolute Gasteiger partial charge is 0.410 e. The third-order valence-electron chi connectivity index (χ3n) is 13.5. The van der Waals surface area contributed by atoms with E-state index in [0.717, 1.165) is 27.8 Å². The Bertz CT molecular complexity index is 3210. The van der Waals surface area contributed by atoms with Crippen molar-refractivity contribution in [3.8, 4) is 35.2 Å². The molecular weight excluding hydrogens is 915 g/mol. The van der Waals surface area contributed by atoms with Gasteiger partial charge in [-0.25, -0.2) is 9.18 Å². The summed E-state index contributed by atoms with van der Waals surface area (Å²) in [6, 6.07) is 41.3. The van der Waals surface area contributed by atoms with Crippen LogP contribution in [0.5, 0.6) is 11.8 Å². The molecule has 6 aromatic carbocycles.